The molecule has 2 fully saturated rings. The second kappa shape index (κ2) is 7.65. The van der Waals surface area contributed by atoms with E-state index in [0.29, 0.717) is 57.3 Å². The van der Waals surface area contributed by atoms with Crippen molar-refractivity contribution < 1.29 is 22.7 Å². The van der Waals surface area contributed by atoms with Gasteiger partial charge in [0.25, 0.3) is 0 Å². The third-order valence-corrected chi connectivity index (χ3v) is 7.17. The van der Waals surface area contributed by atoms with E-state index < -0.39 is 10.0 Å². The van der Waals surface area contributed by atoms with Gasteiger partial charge in [-0.05, 0) is 37.9 Å². The second-order valence-electron chi connectivity index (χ2n) is 7.04. The van der Waals surface area contributed by atoms with Crippen LogP contribution in [0.1, 0.15) is 19.3 Å². The van der Waals surface area contributed by atoms with E-state index in [0.717, 1.165) is 19.4 Å². The lowest BCUT2D eigenvalue weighted by molar-refractivity contribution is -0.132. The third-order valence-electron chi connectivity index (χ3n) is 5.28. The number of nitrogens with zero attached hydrogens (tertiary/aromatic N) is 2. The molecule has 9 heteroatoms. The standard InChI is InChI=1S/C18H25N3O5S/c22-18(15-3-1-6-19-15)20-7-2-8-21(10-9-20)27(23,24)14-4-5-16-17(13-14)26-12-11-25-16/h4-5,13,15,19H,1-3,6-12H2. The Hall–Kier alpha value is -1.84. The summed E-state index contributed by atoms with van der Waals surface area (Å²) in [5.74, 6) is 1.12. The summed E-state index contributed by atoms with van der Waals surface area (Å²) in [6, 6.07) is 4.60. The molecule has 1 aromatic rings. The van der Waals surface area contributed by atoms with Crippen LogP contribution >= 0.6 is 0 Å². The zero-order valence-electron chi connectivity index (χ0n) is 15.2. The molecule has 0 aliphatic carbocycles. The summed E-state index contributed by atoms with van der Waals surface area (Å²) in [5, 5.41) is 3.22. The van der Waals surface area contributed by atoms with Gasteiger partial charge in [-0.1, -0.05) is 0 Å². The van der Waals surface area contributed by atoms with Gasteiger partial charge in [-0.3, -0.25) is 4.79 Å². The second-order valence-corrected chi connectivity index (χ2v) is 8.98. The minimum atomic E-state index is -3.64. The molecule has 148 valence electrons. The number of hydrogen-bond donors (Lipinski definition) is 1. The first-order chi connectivity index (χ1) is 13.1. The number of hydrogen-bond acceptors (Lipinski definition) is 6. The summed E-state index contributed by atoms with van der Waals surface area (Å²) in [4.78, 5) is 14.6. The van der Waals surface area contributed by atoms with Crippen LogP contribution in [0.15, 0.2) is 23.1 Å². The van der Waals surface area contributed by atoms with Crippen molar-refractivity contribution in [2.24, 2.45) is 0 Å². The molecular weight excluding hydrogens is 370 g/mol. The highest BCUT2D eigenvalue weighted by molar-refractivity contribution is 7.89. The molecule has 0 spiro atoms. The zero-order valence-corrected chi connectivity index (χ0v) is 16.0. The summed E-state index contributed by atoms with van der Waals surface area (Å²) in [7, 11) is -3.64. The molecule has 0 bridgehead atoms. The number of rotatable bonds is 3. The number of carbonyl (C=O) groups is 1. The molecule has 3 aliphatic heterocycles. The maximum absolute atomic E-state index is 13.1. The summed E-state index contributed by atoms with van der Waals surface area (Å²) in [6.45, 7) is 3.45. The summed E-state index contributed by atoms with van der Waals surface area (Å²) in [6.07, 6.45) is 2.49. The summed E-state index contributed by atoms with van der Waals surface area (Å²) in [5.41, 5.74) is 0. The first kappa shape index (κ1) is 18.5. The Morgan fingerprint density at radius 2 is 1.85 bits per heavy atom. The highest BCUT2D eigenvalue weighted by atomic mass is 32.2. The van der Waals surface area contributed by atoms with Gasteiger partial charge in [0, 0.05) is 32.2 Å². The van der Waals surface area contributed by atoms with Crippen LogP contribution in [0, 0.1) is 0 Å². The van der Waals surface area contributed by atoms with E-state index in [1.54, 1.807) is 17.0 Å². The normalized spacial score (nSPS) is 23.9. The molecule has 0 saturated carbocycles. The third kappa shape index (κ3) is 3.76. The highest BCUT2D eigenvalue weighted by Gasteiger charge is 2.32. The minimum absolute atomic E-state index is 0.0890. The molecule has 0 aromatic heterocycles. The van der Waals surface area contributed by atoms with Gasteiger partial charge in [0.2, 0.25) is 15.9 Å². The molecule has 3 heterocycles. The van der Waals surface area contributed by atoms with Crippen molar-refractivity contribution in [2.75, 3.05) is 45.9 Å². The molecular formula is C18H25N3O5S. The fraction of sp³-hybridized carbons (Fsp3) is 0.611. The van der Waals surface area contributed by atoms with Crippen LogP contribution < -0.4 is 14.8 Å². The number of ether oxygens (including phenoxy) is 2. The average Bonchev–Trinajstić information content (AvgIpc) is 3.11. The lowest BCUT2D eigenvalue weighted by Crippen LogP contribution is -2.45. The average molecular weight is 395 g/mol. The van der Waals surface area contributed by atoms with Crippen molar-refractivity contribution in [3.63, 3.8) is 0 Å². The maximum atomic E-state index is 13.1. The predicted molar refractivity (Wildman–Crippen MR) is 98.4 cm³/mol. The van der Waals surface area contributed by atoms with E-state index in [2.05, 4.69) is 5.32 Å². The Labute approximate surface area is 159 Å². The molecule has 1 atom stereocenters. The molecule has 1 aromatic carbocycles. The van der Waals surface area contributed by atoms with Gasteiger partial charge in [0.05, 0.1) is 10.9 Å². The largest absolute Gasteiger partial charge is 0.486 e. The number of sulfonamides is 1. The van der Waals surface area contributed by atoms with Crippen LogP contribution in [-0.2, 0) is 14.8 Å². The number of nitrogens with one attached hydrogen (secondary N) is 1. The van der Waals surface area contributed by atoms with Gasteiger partial charge in [-0.2, -0.15) is 4.31 Å². The van der Waals surface area contributed by atoms with Gasteiger partial charge in [0.15, 0.2) is 11.5 Å². The van der Waals surface area contributed by atoms with Gasteiger partial charge in [-0.25, -0.2) is 8.42 Å². The maximum Gasteiger partial charge on any atom is 0.243 e. The first-order valence-corrected chi connectivity index (χ1v) is 10.9. The quantitative estimate of drug-likeness (QED) is 0.799. The fourth-order valence-electron chi connectivity index (χ4n) is 3.80. The van der Waals surface area contributed by atoms with E-state index in [4.69, 9.17) is 9.47 Å². The molecule has 8 nitrogen and oxygen atoms in total. The molecule has 0 radical (unpaired) electrons. The van der Waals surface area contributed by atoms with Gasteiger partial charge in [-0.15, -0.1) is 0 Å². The van der Waals surface area contributed by atoms with Crippen LogP contribution in [0.2, 0.25) is 0 Å². The Morgan fingerprint density at radius 3 is 2.63 bits per heavy atom. The summed E-state index contributed by atoms with van der Waals surface area (Å²) < 4.78 is 38.6. The molecule has 27 heavy (non-hydrogen) atoms. The van der Waals surface area contributed by atoms with Crippen LogP contribution in [-0.4, -0.2) is 75.5 Å². The van der Waals surface area contributed by atoms with Gasteiger partial charge >= 0.3 is 0 Å². The van der Waals surface area contributed by atoms with Gasteiger partial charge in [0.1, 0.15) is 13.2 Å². The lowest BCUT2D eigenvalue weighted by atomic mass is 10.2. The zero-order chi connectivity index (χ0) is 18.9. The SMILES string of the molecule is O=C(C1CCCN1)N1CCCN(S(=O)(=O)c2ccc3c(c2)OCCO3)CC1. The lowest BCUT2D eigenvalue weighted by Gasteiger charge is -2.25. The molecule has 4 rings (SSSR count). The molecule has 3 aliphatic rings. The Morgan fingerprint density at radius 1 is 1.04 bits per heavy atom. The molecule has 1 amide bonds. The smallest absolute Gasteiger partial charge is 0.243 e. The number of benzene rings is 1. The fourth-order valence-corrected chi connectivity index (χ4v) is 5.29. The first-order valence-electron chi connectivity index (χ1n) is 9.48. The van der Waals surface area contributed by atoms with Crippen molar-refractivity contribution in [3.05, 3.63) is 18.2 Å². The van der Waals surface area contributed by atoms with Crippen LogP contribution in [0.3, 0.4) is 0 Å². The predicted octanol–water partition coefficient (Wildman–Crippen LogP) is 0.433. The Bertz CT molecular complexity index is 807. The molecule has 1 N–H and O–H groups in total. The summed E-state index contributed by atoms with van der Waals surface area (Å²) >= 11 is 0. The van der Waals surface area contributed by atoms with Crippen molar-refractivity contribution in [1.29, 1.82) is 0 Å². The van der Waals surface area contributed by atoms with E-state index >= 15 is 0 Å². The van der Waals surface area contributed by atoms with E-state index in [1.165, 1.54) is 10.4 Å². The van der Waals surface area contributed by atoms with Crippen molar-refractivity contribution in [3.8, 4) is 11.5 Å². The van der Waals surface area contributed by atoms with Crippen LogP contribution in [0.4, 0.5) is 0 Å². The highest BCUT2D eigenvalue weighted by Crippen LogP contribution is 2.33. The Kier molecular flexibility index (Phi) is 5.25. The minimum Gasteiger partial charge on any atom is -0.486 e. The van der Waals surface area contributed by atoms with Crippen LogP contribution in [0.25, 0.3) is 0 Å². The molecule has 2 saturated heterocycles. The molecule has 1 unspecified atom stereocenters. The Balaban J connectivity index is 1.47. The van der Waals surface area contributed by atoms with E-state index in [1.807, 2.05) is 0 Å². The topological polar surface area (TPSA) is 88.2 Å². The number of amides is 1. The van der Waals surface area contributed by atoms with Crippen molar-refractivity contribution in [2.45, 2.75) is 30.2 Å². The van der Waals surface area contributed by atoms with Gasteiger partial charge < -0.3 is 19.7 Å². The number of carbonyl (C=O) groups excluding carboxylic acids is 1. The van der Waals surface area contributed by atoms with Crippen molar-refractivity contribution in [1.82, 2.24) is 14.5 Å². The van der Waals surface area contributed by atoms with Crippen LogP contribution in [0.5, 0.6) is 11.5 Å². The van der Waals surface area contributed by atoms with Crippen molar-refractivity contribution >= 4 is 15.9 Å². The van der Waals surface area contributed by atoms with E-state index in [9.17, 15) is 13.2 Å². The number of fused-ring (bicyclic) bond motifs is 1. The van der Waals surface area contributed by atoms with E-state index in [-0.39, 0.29) is 16.8 Å². The monoisotopic (exact) mass is 395 g/mol.